The topological polar surface area (TPSA) is 81.2 Å². The first-order valence-corrected chi connectivity index (χ1v) is 11.3. The van der Waals surface area contributed by atoms with Gasteiger partial charge in [-0.1, -0.05) is 0 Å². The molecule has 1 saturated carbocycles. The molecular formula is C21H40N6O2. The number of amides is 1. The Morgan fingerprint density at radius 1 is 1.03 bits per heavy atom. The van der Waals surface area contributed by atoms with Gasteiger partial charge in [0.05, 0.1) is 6.54 Å². The van der Waals surface area contributed by atoms with Crippen molar-refractivity contribution in [1.82, 2.24) is 25.8 Å². The van der Waals surface area contributed by atoms with Crippen molar-refractivity contribution in [2.24, 2.45) is 4.99 Å². The first kappa shape index (κ1) is 22.2. The fourth-order valence-corrected chi connectivity index (χ4v) is 4.46. The number of hydrogen-bond acceptors (Lipinski definition) is 5. The van der Waals surface area contributed by atoms with Crippen LogP contribution in [0.5, 0.6) is 0 Å². The Bertz CT molecular complexity index is 560. The number of nitrogens with one attached hydrogen (secondary N) is 3. The molecule has 0 spiro atoms. The fraction of sp³-hybridized carbons (Fsp3) is 0.905. The van der Waals surface area contributed by atoms with Gasteiger partial charge in [-0.05, 0) is 53.4 Å². The van der Waals surface area contributed by atoms with Crippen molar-refractivity contribution >= 4 is 12.1 Å². The molecule has 2 bridgehead atoms. The predicted octanol–water partition coefficient (Wildman–Crippen LogP) is 1.38. The Kier molecular flexibility index (Phi) is 7.62. The average Bonchev–Trinajstić information content (AvgIpc) is 2.67. The number of guanidine groups is 1. The van der Waals surface area contributed by atoms with Crippen LogP contribution in [0.4, 0.5) is 4.79 Å². The summed E-state index contributed by atoms with van der Waals surface area (Å²) in [6, 6.07) is 1.14. The zero-order valence-corrected chi connectivity index (χ0v) is 18.7. The Morgan fingerprint density at radius 2 is 1.66 bits per heavy atom. The van der Waals surface area contributed by atoms with Gasteiger partial charge in [-0.3, -0.25) is 14.8 Å². The van der Waals surface area contributed by atoms with Crippen molar-refractivity contribution in [3.05, 3.63) is 0 Å². The maximum Gasteiger partial charge on any atom is 0.407 e. The van der Waals surface area contributed by atoms with E-state index in [2.05, 4.69) is 32.7 Å². The van der Waals surface area contributed by atoms with Gasteiger partial charge >= 0.3 is 6.09 Å². The molecule has 0 radical (unpaired) electrons. The first-order valence-electron chi connectivity index (χ1n) is 11.3. The van der Waals surface area contributed by atoms with E-state index in [1.807, 2.05) is 20.8 Å². The number of piperazine rings is 3. The quantitative estimate of drug-likeness (QED) is 0.471. The summed E-state index contributed by atoms with van der Waals surface area (Å²) >= 11 is 0. The van der Waals surface area contributed by atoms with E-state index in [0.29, 0.717) is 12.1 Å². The maximum atomic E-state index is 12.0. The van der Waals surface area contributed by atoms with Crippen LogP contribution < -0.4 is 16.0 Å². The summed E-state index contributed by atoms with van der Waals surface area (Å²) in [5.41, 5.74) is -0.453. The predicted molar refractivity (Wildman–Crippen MR) is 116 cm³/mol. The van der Waals surface area contributed by atoms with E-state index in [4.69, 9.17) is 9.73 Å². The molecule has 1 unspecified atom stereocenters. The van der Waals surface area contributed by atoms with Gasteiger partial charge in [0.25, 0.3) is 0 Å². The summed E-state index contributed by atoms with van der Waals surface area (Å²) in [5, 5.41) is 10.0. The summed E-state index contributed by atoms with van der Waals surface area (Å²) in [6.45, 7) is 15.4. The lowest BCUT2D eigenvalue weighted by atomic mass is 9.91. The van der Waals surface area contributed by atoms with Crippen LogP contribution in [0.2, 0.25) is 0 Å². The van der Waals surface area contributed by atoms with Gasteiger partial charge in [0.2, 0.25) is 0 Å². The van der Waals surface area contributed by atoms with Crippen LogP contribution in [0.15, 0.2) is 4.99 Å². The molecule has 166 valence electrons. The summed E-state index contributed by atoms with van der Waals surface area (Å²) in [7, 11) is 0. The number of alkyl carbamates (subject to hydrolysis) is 1. The fourth-order valence-electron chi connectivity index (χ4n) is 4.46. The molecule has 3 aliphatic heterocycles. The van der Waals surface area contributed by atoms with Crippen LogP contribution in [-0.2, 0) is 4.74 Å². The summed E-state index contributed by atoms with van der Waals surface area (Å²) < 4.78 is 5.37. The minimum atomic E-state index is -0.453. The maximum absolute atomic E-state index is 12.0. The van der Waals surface area contributed by atoms with Crippen molar-refractivity contribution in [1.29, 1.82) is 0 Å². The lowest BCUT2D eigenvalue weighted by molar-refractivity contribution is 0.0174. The lowest BCUT2D eigenvalue weighted by Crippen LogP contribution is -2.62. The number of nitrogens with zero attached hydrogens (tertiary/aromatic N) is 3. The molecule has 3 N–H and O–H groups in total. The second-order valence-electron chi connectivity index (χ2n) is 9.55. The minimum absolute atomic E-state index is 0.196. The summed E-state index contributed by atoms with van der Waals surface area (Å²) in [6.07, 6.45) is 3.66. The average molecular weight is 409 g/mol. The monoisotopic (exact) mass is 408 g/mol. The van der Waals surface area contributed by atoms with Gasteiger partial charge in [0, 0.05) is 57.4 Å². The van der Waals surface area contributed by atoms with Crippen molar-refractivity contribution in [3.8, 4) is 0 Å². The number of carbonyl (C=O) groups is 1. The summed E-state index contributed by atoms with van der Waals surface area (Å²) in [5.74, 6) is 0.925. The van der Waals surface area contributed by atoms with Crippen molar-refractivity contribution in [2.45, 2.75) is 77.1 Å². The zero-order valence-electron chi connectivity index (χ0n) is 18.7. The number of fused-ring (bicyclic) bond motifs is 3. The van der Waals surface area contributed by atoms with E-state index in [1.54, 1.807) is 0 Å². The largest absolute Gasteiger partial charge is 0.444 e. The van der Waals surface area contributed by atoms with E-state index < -0.39 is 5.60 Å². The molecule has 0 aromatic heterocycles. The lowest BCUT2D eigenvalue weighted by Gasteiger charge is -2.47. The zero-order chi connectivity index (χ0) is 20.9. The molecule has 1 amide bonds. The smallest absolute Gasteiger partial charge is 0.407 e. The molecule has 1 atom stereocenters. The van der Waals surface area contributed by atoms with E-state index in [-0.39, 0.29) is 12.1 Å². The molecule has 3 heterocycles. The number of aliphatic imine (C=N–C) groups is 1. The molecule has 4 rings (SSSR count). The molecule has 0 aromatic carbocycles. The third-order valence-corrected chi connectivity index (χ3v) is 5.99. The molecular weight excluding hydrogens is 368 g/mol. The van der Waals surface area contributed by atoms with Crippen LogP contribution >= 0.6 is 0 Å². The van der Waals surface area contributed by atoms with E-state index >= 15 is 0 Å². The molecule has 4 aliphatic rings. The molecule has 29 heavy (non-hydrogen) atoms. The Morgan fingerprint density at radius 3 is 2.17 bits per heavy atom. The second-order valence-corrected chi connectivity index (χ2v) is 9.55. The molecule has 3 saturated heterocycles. The first-order chi connectivity index (χ1) is 13.8. The molecule has 0 aromatic rings. The van der Waals surface area contributed by atoms with Gasteiger partial charge in [0.15, 0.2) is 5.96 Å². The van der Waals surface area contributed by atoms with E-state index in [9.17, 15) is 4.79 Å². The van der Waals surface area contributed by atoms with Crippen LogP contribution in [0.1, 0.15) is 53.4 Å². The highest BCUT2D eigenvalue weighted by Crippen LogP contribution is 2.20. The van der Waals surface area contributed by atoms with Gasteiger partial charge < -0.3 is 20.7 Å². The van der Waals surface area contributed by atoms with E-state index in [0.717, 1.165) is 51.3 Å². The molecule has 1 aliphatic carbocycles. The number of carbonyl (C=O) groups excluding carboxylic acids is 1. The van der Waals surface area contributed by atoms with E-state index in [1.165, 1.54) is 26.2 Å². The number of ether oxygens (including phenoxy) is 1. The minimum Gasteiger partial charge on any atom is -0.444 e. The van der Waals surface area contributed by atoms with Crippen LogP contribution in [0.3, 0.4) is 0 Å². The standard InChI is InChI=1S/C21H40N6O2/c1-5-22-19(23-14-18-15-26-10-12-27(18)13-11-26)24-16-6-8-17(9-7-16)25-20(28)29-21(2,3)4/h16-18H,5-15H2,1-4H3,(H,25,28)(H2,22,23,24). The highest BCUT2D eigenvalue weighted by Gasteiger charge is 2.31. The van der Waals surface area contributed by atoms with Gasteiger partial charge in [-0.2, -0.15) is 0 Å². The highest BCUT2D eigenvalue weighted by atomic mass is 16.6. The molecule has 8 nitrogen and oxygen atoms in total. The second kappa shape index (κ2) is 9.98. The highest BCUT2D eigenvalue weighted by molar-refractivity contribution is 5.80. The summed E-state index contributed by atoms with van der Waals surface area (Å²) in [4.78, 5) is 22.0. The molecule has 8 heteroatoms. The SMILES string of the molecule is CCNC(=NCC1CN2CCN1CC2)NC1CCC(NC(=O)OC(C)(C)C)CC1. The van der Waals surface area contributed by atoms with Crippen LogP contribution in [0, 0.1) is 0 Å². The van der Waals surface area contributed by atoms with Crippen molar-refractivity contribution in [3.63, 3.8) is 0 Å². The number of rotatable bonds is 5. The van der Waals surface area contributed by atoms with Gasteiger partial charge in [-0.25, -0.2) is 4.79 Å². The third kappa shape index (κ3) is 7.03. The Hall–Kier alpha value is -1.54. The third-order valence-electron chi connectivity index (χ3n) is 5.99. The van der Waals surface area contributed by atoms with Gasteiger partial charge in [0.1, 0.15) is 5.60 Å². The van der Waals surface area contributed by atoms with Gasteiger partial charge in [-0.15, -0.1) is 0 Å². The normalized spacial score (nSPS) is 32.6. The molecule has 4 fully saturated rings. The van der Waals surface area contributed by atoms with Crippen LogP contribution in [-0.4, -0.2) is 91.4 Å². The van der Waals surface area contributed by atoms with Crippen LogP contribution in [0.25, 0.3) is 0 Å². The number of hydrogen-bond donors (Lipinski definition) is 3. The Labute approximate surface area is 175 Å². The van der Waals surface area contributed by atoms with Crippen molar-refractivity contribution in [2.75, 3.05) is 45.8 Å². The van der Waals surface area contributed by atoms with Crippen molar-refractivity contribution < 1.29 is 9.53 Å². The Balaban J connectivity index is 1.42.